The quantitative estimate of drug-likeness (QED) is 0.816. The molecule has 4 saturated carbocycles. The zero-order valence-corrected chi connectivity index (χ0v) is 15.8. The summed E-state index contributed by atoms with van der Waals surface area (Å²) in [5.41, 5.74) is 6.94. The maximum absolute atomic E-state index is 12.5. The van der Waals surface area contributed by atoms with E-state index in [4.69, 9.17) is 0 Å². The highest BCUT2D eigenvalue weighted by molar-refractivity contribution is 5.96. The van der Waals surface area contributed by atoms with Gasteiger partial charge in [0.15, 0.2) is 0 Å². The summed E-state index contributed by atoms with van der Waals surface area (Å²) < 4.78 is 0. The molecule has 5 nitrogen and oxygen atoms in total. The highest BCUT2D eigenvalue weighted by Crippen LogP contribution is 2.61. The normalized spacial score (nSPS) is 31.5. The fraction of sp³-hybridized carbons (Fsp3) is 0.619. The molecule has 0 aromatic heterocycles. The number of amides is 2. The Morgan fingerprint density at radius 3 is 2.23 bits per heavy atom. The minimum atomic E-state index is -0.271. The van der Waals surface area contributed by atoms with Crippen LogP contribution in [-0.2, 0) is 4.79 Å². The Labute approximate surface area is 155 Å². The fourth-order valence-electron chi connectivity index (χ4n) is 6.02. The van der Waals surface area contributed by atoms with E-state index in [0.29, 0.717) is 12.0 Å². The zero-order valence-electron chi connectivity index (χ0n) is 15.8. The predicted octanol–water partition coefficient (Wildman–Crippen LogP) is 3.12. The highest BCUT2D eigenvalue weighted by Gasteiger charge is 2.51. The Morgan fingerprint density at radius 2 is 1.65 bits per heavy atom. The number of benzene rings is 1. The molecule has 0 saturated heterocycles. The van der Waals surface area contributed by atoms with Gasteiger partial charge in [-0.05, 0) is 79.9 Å². The second-order valence-electron chi connectivity index (χ2n) is 9.04. The standard InChI is InChI=1S/C21H29N3O2/c1-24(2)18-5-3-4-17(9-18)20(26)23-22-19(25)13-21-10-14-6-15(11-21)8-16(7-14)12-21/h3-5,9,14-16H,6-8,10-13H2,1-2H3,(H,22,25)(H,23,26). The van der Waals surface area contributed by atoms with Gasteiger partial charge in [0.2, 0.25) is 5.91 Å². The first-order valence-electron chi connectivity index (χ1n) is 9.79. The zero-order chi connectivity index (χ0) is 18.3. The number of hydrazine groups is 1. The third-order valence-corrected chi connectivity index (χ3v) is 6.64. The van der Waals surface area contributed by atoms with Gasteiger partial charge in [0, 0.05) is 31.8 Å². The summed E-state index contributed by atoms with van der Waals surface area (Å²) in [7, 11) is 3.87. The maximum atomic E-state index is 12.5. The molecule has 1 aromatic carbocycles. The van der Waals surface area contributed by atoms with E-state index >= 15 is 0 Å². The summed E-state index contributed by atoms with van der Waals surface area (Å²) in [5, 5.41) is 0. The molecule has 2 N–H and O–H groups in total. The average molecular weight is 355 g/mol. The van der Waals surface area contributed by atoms with Gasteiger partial charge in [-0.25, -0.2) is 0 Å². The van der Waals surface area contributed by atoms with Gasteiger partial charge in [-0.1, -0.05) is 6.07 Å². The molecule has 26 heavy (non-hydrogen) atoms. The van der Waals surface area contributed by atoms with Gasteiger partial charge in [-0.3, -0.25) is 20.4 Å². The van der Waals surface area contributed by atoms with Gasteiger partial charge in [-0.15, -0.1) is 0 Å². The third kappa shape index (κ3) is 3.44. The second kappa shape index (κ2) is 6.60. The van der Waals surface area contributed by atoms with Crippen LogP contribution in [0.5, 0.6) is 0 Å². The molecule has 0 atom stereocenters. The van der Waals surface area contributed by atoms with Crippen molar-refractivity contribution in [1.29, 1.82) is 0 Å². The van der Waals surface area contributed by atoms with E-state index in [1.54, 1.807) is 6.07 Å². The first-order valence-corrected chi connectivity index (χ1v) is 9.79. The molecule has 0 unspecified atom stereocenters. The second-order valence-corrected chi connectivity index (χ2v) is 9.04. The number of anilines is 1. The summed E-state index contributed by atoms with van der Waals surface area (Å²) in [5.74, 6) is 2.17. The first-order chi connectivity index (χ1) is 12.4. The minimum absolute atomic E-state index is 0.0518. The number of hydrogen-bond donors (Lipinski definition) is 2. The molecule has 4 aliphatic carbocycles. The molecule has 4 fully saturated rings. The van der Waals surface area contributed by atoms with Gasteiger partial charge >= 0.3 is 0 Å². The van der Waals surface area contributed by atoms with Crippen LogP contribution < -0.4 is 15.8 Å². The summed E-state index contributed by atoms with van der Waals surface area (Å²) in [6.45, 7) is 0. The molecule has 2 amide bonds. The minimum Gasteiger partial charge on any atom is -0.378 e. The van der Waals surface area contributed by atoms with Crippen LogP contribution in [0.25, 0.3) is 0 Å². The van der Waals surface area contributed by atoms with E-state index < -0.39 is 0 Å². The largest absolute Gasteiger partial charge is 0.378 e. The molecule has 0 radical (unpaired) electrons. The van der Waals surface area contributed by atoms with Crippen LogP contribution in [-0.4, -0.2) is 25.9 Å². The molecule has 0 aliphatic heterocycles. The first kappa shape index (κ1) is 17.4. The molecule has 4 bridgehead atoms. The number of carbonyl (C=O) groups excluding carboxylic acids is 2. The predicted molar refractivity (Wildman–Crippen MR) is 102 cm³/mol. The Hall–Kier alpha value is -2.04. The molecule has 5 rings (SSSR count). The highest BCUT2D eigenvalue weighted by atomic mass is 16.2. The van der Waals surface area contributed by atoms with Crippen LogP contribution in [0.2, 0.25) is 0 Å². The van der Waals surface area contributed by atoms with Crippen molar-refractivity contribution in [3.63, 3.8) is 0 Å². The van der Waals surface area contributed by atoms with Crippen molar-refractivity contribution in [3.05, 3.63) is 29.8 Å². The molecule has 0 heterocycles. The van der Waals surface area contributed by atoms with E-state index in [1.165, 1.54) is 38.5 Å². The van der Waals surface area contributed by atoms with Gasteiger partial charge in [0.1, 0.15) is 0 Å². The lowest BCUT2D eigenvalue weighted by atomic mass is 9.49. The Kier molecular flexibility index (Phi) is 4.41. The molecule has 140 valence electrons. The Balaban J connectivity index is 1.33. The van der Waals surface area contributed by atoms with Gasteiger partial charge in [0.25, 0.3) is 5.91 Å². The van der Waals surface area contributed by atoms with Crippen LogP contribution in [0.1, 0.15) is 55.3 Å². The summed E-state index contributed by atoms with van der Waals surface area (Å²) >= 11 is 0. The lowest BCUT2D eigenvalue weighted by molar-refractivity contribution is -0.130. The van der Waals surface area contributed by atoms with Crippen molar-refractivity contribution in [1.82, 2.24) is 10.9 Å². The van der Waals surface area contributed by atoms with Crippen LogP contribution in [0.3, 0.4) is 0 Å². The Morgan fingerprint density at radius 1 is 1.04 bits per heavy atom. The summed E-state index contributed by atoms with van der Waals surface area (Å²) in [6, 6.07) is 7.37. The number of hydrogen-bond acceptors (Lipinski definition) is 3. The third-order valence-electron chi connectivity index (χ3n) is 6.64. The van der Waals surface area contributed by atoms with Crippen molar-refractivity contribution in [2.45, 2.75) is 44.9 Å². The molecular formula is C21H29N3O2. The van der Waals surface area contributed by atoms with Gasteiger partial charge < -0.3 is 4.90 Å². The lowest BCUT2D eigenvalue weighted by Gasteiger charge is -2.56. The topological polar surface area (TPSA) is 61.4 Å². The van der Waals surface area contributed by atoms with Gasteiger partial charge in [-0.2, -0.15) is 0 Å². The number of nitrogens with zero attached hydrogens (tertiary/aromatic N) is 1. The van der Waals surface area contributed by atoms with E-state index in [9.17, 15) is 9.59 Å². The summed E-state index contributed by atoms with van der Waals surface area (Å²) in [6.07, 6.45) is 8.27. The summed E-state index contributed by atoms with van der Waals surface area (Å²) in [4.78, 5) is 26.8. The monoisotopic (exact) mass is 355 g/mol. The van der Waals surface area contributed by atoms with E-state index in [0.717, 1.165) is 23.4 Å². The smallest absolute Gasteiger partial charge is 0.269 e. The van der Waals surface area contributed by atoms with Crippen molar-refractivity contribution >= 4 is 17.5 Å². The van der Waals surface area contributed by atoms with Crippen LogP contribution in [0.15, 0.2) is 24.3 Å². The molecule has 4 aliphatic rings. The van der Waals surface area contributed by atoms with E-state index in [1.807, 2.05) is 37.2 Å². The van der Waals surface area contributed by atoms with Crippen molar-refractivity contribution in [3.8, 4) is 0 Å². The molecule has 0 spiro atoms. The SMILES string of the molecule is CN(C)c1cccc(C(=O)NNC(=O)CC23CC4CC(CC(C4)C2)C3)c1. The van der Waals surface area contributed by atoms with Crippen molar-refractivity contribution in [2.75, 3.05) is 19.0 Å². The lowest BCUT2D eigenvalue weighted by Crippen LogP contribution is -2.50. The van der Waals surface area contributed by atoms with Crippen LogP contribution in [0.4, 0.5) is 5.69 Å². The number of carbonyl (C=O) groups is 2. The van der Waals surface area contributed by atoms with Crippen LogP contribution >= 0.6 is 0 Å². The van der Waals surface area contributed by atoms with Crippen LogP contribution in [0, 0.1) is 23.2 Å². The van der Waals surface area contributed by atoms with E-state index in [-0.39, 0.29) is 17.2 Å². The van der Waals surface area contributed by atoms with Crippen molar-refractivity contribution < 1.29 is 9.59 Å². The fourth-order valence-corrected chi connectivity index (χ4v) is 6.02. The number of nitrogens with one attached hydrogen (secondary N) is 2. The van der Waals surface area contributed by atoms with Crippen molar-refractivity contribution in [2.24, 2.45) is 23.2 Å². The number of rotatable bonds is 4. The molecule has 5 heteroatoms. The van der Waals surface area contributed by atoms with Gasteiger partial charge in [0.05, 0.1) is 0 Å². The van der Waals surface area contributed by atoms with E-state index in [2.05, 4.69) is 10.9 Å². The molecule has 1 aromatic rings. The maximum Gasteiger partial charge on any atom is 0.269 e. The molecular weight excluding hydrogens is 326 g/mol. The average Bonchev–Trinajstić information content (AvgIpc) is 2.58. The Bertz CT molecular complexity index is 678.